The van der Waals surface area contributed by atoms with Gasteiger partial charge in [-0.1, -0.05) is 0 Å². The lowest BCUT2D eigenvalue weighted by atomic mass is 10.4. The summed E-state index contributed by atoms with van der Waals surface area (Å²) >= 11 is 7.91. The molecule has 0 rings (SSSR count). The monoisotopic (exact) mass is 236 g/mol. The third-order valence-corrected chi connectivity index (χ3v) is 1.95. The van der Waals surface area contributed by atoms with E-state index in [-0.39, 0.29) is 22.3 Å². The molecule has 82 valence electrons. The summed E-state index contributed by atoms with van der Waals surface area (Å²) in [6.45, 7) is 4.20. The SMILES string of the molecule is CC(S)C(=O)NCCNC(=O)C(C)S. The van der Waals surface area contributed by atoms with Gasteiger partial charge >= 0.3 is 0 Å². The molecule has 14 heavy (non-hydrogen) atoms. The van der Waals surface area contributed by atoms with Crippen LogP contribution in [0.2, 0.25) is 0 Å². The highest BCUT2D eigenvalue weighted by Gasteiger charge is 2.08. The van der Waals surface area contributed by atoms with Crippen molar-refractivity contribution in [3.8, 4) is 0 Å². The van der Waals surface area contributed by atoms with Crippen LogP contribution in [0.15, 0.2) is 0 Å². The van der Waals surface area contributed by atoms with E-state index in [1.807, 2.05) is 0 Å². The number of hydrogen-bond donors (Lipinski definition) is 4. The van der Waals surface area contributed by atoms with Gasteiger partial charge in [0.05, 0.1) is 10.5 Å². The number of thiol groups is 2. The molecule has 0 radical (unpaired) electrons. The maximum atomic E-state index is 11.0. The van der Waals surface area contributed by atoms with Gasteiger partial charge in [0.2, 0.25) is 11.8 Å². The molecular weight excluding hydrogens is 220 g/mol. The predicted octanol–water partition coefficient (Wildman–Crippen LogP) is -0.145. The first-order valence-electron chi connectivity index (χ1n) is 4.36. The Bertz CT molecular complexity index is 186. The van der Waals surface area contributed by atoms with Crippen molar-refractivity contribution in [1.29, 1.82) is 0 Å². The molecule has 0 aliphatic rings. The molecule has 0 aromatic carbocycles. The van der Waals surface area contributed by atoms with Gasteiger partial charge in [-0.25, -0.2) is 0 Å². The Morgan fingerprint density at radius 1 is 1.00 bits per heavy atom. The zero-order chi connectivity index (χ0) is 11.1. The van der Waals surface area contributed by atoms with Crippen molar-refractivity contribution >= 4 is 37.1 Å². The van der Waals surface area contributed by atoms with Crippen molar-refractivity contribution in [3.05, 3.63) is 0 Å². The quantitative estimate of drug-likeness (QED) is 0.396. The maximum absolute atomic E-state index is 11.0. The second-order valence-corrected chi connectivity index (χ2v) is 4.48. The van der Waals surface area contributed by atoms with E-state index in [1.165, 1.54) is 0 Å². The smallest absolute Gasteiger partial charge is 0.232 e. The molecular formula is C8H16N2O2S2. The van der Waals surface area contributed by atoms with Crippen LogP contribution in [0.3, 0.4) is 0 Å². The first-order valence-corrected chi connectivity index (χ1v) is 5.40. The molecule has 0 aliphatic heterocycles. The van der Waals surface area contributed by atoms with Crippen LogP contribution in [0.1, 0.15) is 13.8 Å². The minimum atomic E-state index is -0.325. The summed E-state index contributed by atoms with van der Waals surface area (Å²) in [5.74, 6) is -0.275. The zero-order valence-electron chi connectivity index (χ0n) is 8.28. The van der Waals surface area contributed by atoms with E-state index in [1.54, 1.807) is 13.8 Å². The van der Waals surface area contributed by atoms with Crippen LogP contribution in [-0.2, 0) is 9.59 Å². The molecule has 0 heterocycles. The number of carbonyl (C=O) groups excluding carboxylic acids is 2. The first kappa shape index (κ1) is 13.6. The number of hydrogen-bond acceptors (Lipinski definition) is 4. The fourth-order valence-corrected chi connectivity index (χ4v) is 0.849. The van der Waals surface area contributed by atoms with E-state index in [0.29, 0.717) is 13.1 Å². The van der Waals surface area contributed by atoms with Crippen molar-refractivity contribution < 1.29 is 9.59 Å². The summed E-state index contributed by atoms with van der Waals surface area (Å²) in [4.78, 5) is 22.0. The molecule has 2 unspecified atom stereocenters. The Balaban J connectivity index is 3.48. The number of nitrogens with one attached hydrogen (secondary N) is 2. The van der Waals surface area contributed by atoms with Gasteiger partial charge in [-0.15, -0.1) is 0 Å². The summed E-state index contributed by atoms with van der Waals surface area (Å²) in [5, 5.41) is 4.59. The van der Waals surface area contributed by atoms with Crippen LogP contribution >= 0.6 is 25.3 Å². The zero-order valence-corrected chi connectivity index (χ0v) is 10.1. The summed E-state index contributed by atoms with van der Waals surface area (Å²) < 4.78 is 0. The van der Waals surface area contributed by atoms with Crippen molar-refractivity contribution in [2.45, 2.75) is 24.3 Å². The van der Waals surface area contributed by atoms with Gasteiger partial charge in [-0.3, -0.25) is 9.59 Å². The average Bonchev–Trinajstić information content (AvgIpc) is 2.11. The Labute approximate surface area is 95.0 Å². The van der Waals surface area contributed by atoms with Gasteiger partial charge in [-0.05, 0) is 13.8 Å². The molecule has 0 aromatic heterocycles. The Morgan fingerprint density at radius 3 is 1.50 bits per heavy atom. The van der Waals surface area contributed by atoms with Gasteiger partial charge in [0.15, 0.2) is 0 Å². The molecule has 2 atom stereocenters. The van der Waals surface area contributed by atoms with Crippen LogP contribution in [0.5, 0.6) is 0 Å². The van der Waals surface area contributed by atoms with Crippen LogP contribution < -0.4 is 10.6 Å². The predicted molar refractivity (Wildman–Crippen MR) is 62.9 cm³/mol. The lowest BCUT2D eigenvalue weighted by Gasteiger charge is -2.09. The Morgan fingerprint density at radius 2 is 1.29 bits per heavy atom. The van der Waals surface area contributed by atoms with Gasteiger partial charge in [0.1, 0.15) is 0 Å². The molecule has 6 heteroatoms. The standard InChI is InChI=1S/C8H16N2O2S2/c1-5(13)7(11)9-3-4-10-8(12)6(2)14/h5-6,13-14H,3-4H2,1-2H3,(H,9,11)(H,10,12). The molecule has 2 N–H and O–H groups in total. The molecule has 4 nitrogen and oxygen atoms in total. The van der Waals surface area contributed by atoms with Gasteiger partial charge in [-0.2, -0.15) is 25.3 Å². The van der Waals surface area contributed by atoms with Gasteiger partial charge < -0.3 is 10.6 Å². The first-order chi connectivity index (χ1) is 6.45. The highest BCUT2D eigenvalue weighted by atomic mass is 32.1. The third-order valence-electron chi connectivity index (χ3n) is 1.48. The van der Waals surface area contributed by atoms with E-state index in [0.717, 1.165) is 0 Å². The van der Waals surface area contributed by atoms with Gasteiger partial charge in [0, 0.05) is 13.1 Å². The van der Waals surface area contributed by atoms with Crippen molar-refractivity contribution in [1.82, 2.24) is 10.6 Å². The number of carbonyl (C=O) groups is 2. The number of rotatable bonds is 5. The summed E-state index contributed by atoms with van der Waals surface area (Å²) in [7, 11) is 0. The van der Waals surface area contributed by atoms with Crippen LogP contribution in [-0.4, -0.2) is 35.4 Å². The lowest BCUT2D eigenvalue weighted by Crippen LogP contribution is -2.39. The molecule has 0 saturated heterocycles. The Kier molecular flexibility index (Phi) is 6.82. The molecule has 0 spiro atoms. The van der Waals surface area contributed by atoms with E-state index in [9.17, 15) is 9.59 Å². The Hall–Kier alpha value is -0.360. The second kappa shape index (κ2) is 7.00. The summed E-state index contributed by atoms with van der Waals surface area (Å²) in [6, 6.07) is 0. The fraction of sp³-hybridized carbons (Fsp3) is 0.750. The van der Waals surface area contributed by atoms with Crippen molar-refractivity contribution in [2.24, 2.45) is 0 Å². The third kappa shape index (κ3) is 6.15. The highest BCUT2D eigenvalue weighted by molar-refractivity contribution is 7.82. The topological polar surface area (TPSA) is 58.2 Å². The van der Waals surface area contributed by atoms with E-state index >= 15 is 0 Å². The molecule has 0 aromatic rings. The lowest BCUT2D eigenvalue weighted by molar-refractivity contribution is -0.122. The van der Waals surface area contributed by atoms with E-state index in [2.05, 4.69) is 35.9 Å². The van der Waals surface area contributed by atoms with Crippen LogP contribution in [0, 0.1) is 0 Å². The van der Waals surface area contributed by atoms with E-state index in [4.69, 9.17) is 0 Å². The van der Waals surface area contributed by atoms with Crippen molar-refractivity contribution in [2.75, 3.05) is 13.1 Å². The molecule has 0 fully saturated rings. The van der Waals surface area contributed by atoms with Gasteiger partial charge in [0.25, 0.3) is 0 Å². The van der Waals surface area contributed by atoms with Crippen LogP contribution in [0.4, 0.5) is 0 Å². The summed E-state index contributed by atoms with van der Waals surface area (Å²) in [5.41, 5.74) is 0. The molecule has 2 amide bonds. The molecule has 0 aliphatic carbocycles. The average molecular weight is 236 g/mol. The van der Waals surface area contributed by atoms with E-state index < -0.39 is 0 Å². The minimum absolute atomic E-state index is 0.137. The van der Waals surface area contributed by atoms with Crippen LogP contribution in [0.25, 0.3) is 0 Å². The fourth-order valence-electron chi connectivity index (χ4n) is 0.667. The second-order valence-electron chi connectivity index (χ2n) is 2.93. The minimum Gasteiger partial charge on any atom is -0.353 e. The maximum Gasteiger partial charge on any atom is 0.232 e. The molecule has 0 bridgehead atoms. The largest absolute Gasteiger partial charge is 0.353 e. The summed E-state index contributed by atoms with van der Waals surface area (Å²) in [6.07, 6.45) is 0. The molecule has 0 saturated carbocycles. The normalized spacial score (nSPS) is 14.3. The highest BCUT2D eigenvalue weighted by Crippen LogP contribution is 1.91. The number of amides is 2. The van der Waals surface area contributed by atoms with Crippen molar-refractivity contribution in [3.63, 3.8) is 0 Å².